The van der Waals surface area contributed by atoms with Crippen molar-refractivity contribution in [3.8, 4) is 6.07 Å². The average Bonchev–Trinajstić information content (AvgIpc) is 3.21. The van der Waals surface area contributed by atoms with Crippen LogP contribution in [-0.4, -0.2) is 49.7 Å². The first-order valence-corrected chi connectivity index (χ1v) is 10.8. The van der Waals surface area contributed by atoms with Crippen LogP contribution in [0.25, 0.3) is 0 Å². The Hall–Kier alpha value is -2.69. The average molecular weight is 395 g/mol. The minimum Gasteiger partial charge on any atom is -0.336 e. The normalized spacial score (nSPS) is 17.2. The second-order valence-corrected chi connectivity index (χ2v) is 9.11. The number of hydrogen-bond acceptors (Lipinski definition) is 4. The van der Waals surface area contributed by atoms with Crippen molar-refractivity contribution in [2.45, 2.75) is 24.2 Å². The molecular formula is C21H21N3O3S. The molecule has 1 fully saturated rings. The van der Waals surface area contributed by atoms with E-state index >= 15 is 0 Å². The highest BCUT2D eigenvalue weighted by Crippen LogP contribution is 2.27. The largest absolute Gasteiger partial charge is 0.336 e. The molecule has 28 heavy (non-hydrogen) atoms. The highest BCUT2D eigenvalue weighted by molar-refractivity contribution is 7.89. The molecule has 1 saturated heterocycles. The van der Waals surface area contributed by atoms with E-state index in [2.05, 4.69) is 0 Å². The van der Waals surface area contributed by atoms with Crippen molar-refractivity contribution in [2.75, 3.05) is 26.2 Å². The molecule has 0 bridgehead atoms. The van der Waals surface area contributed by atoms with Crippen molar-refractivity contribution in [2.24, 2.45) is 0 Å². The third-order valence-corrected chi connectivity index (χ3v) is 7.39. The zero-order valence-corrected chi connectivity index (χ0v) is 16.3. The molecule has 1 amide bonds. The van der Waals surface area contributed by atoms with Crippen molar-refractivity contribution < 1.29 is 13.2 Å². The molecule has 6 nitrogen and oxygen atoms in total. The van der Waals surface area contributed by atoms with E-state index in [1.165, 1.54) is 9.87 Å². The van der Waals surface area contributed by atoms with Gasteiger partial charge in [0.2, 0.25) is 10.0 Å². The van der Waals surface area contributed by atoms with Gasteiger partial charge in [-0.25, -0.2) is 8.42 Å². The summed E-state index contributed by atoms with van der Waals surface area (Å²) in [4.78, 5) is 14.6. The zero-order valence-electron chi connectivity index (χ0n) is 15.5. The molecule has 0 aromatic heterocycles. The molecule has 0 unspecified atom stereocenters. The van der Waals surface area contributed by atoms with Gasteiger partial charge >= 0.3 is 0 Å². The first kappa shape index (κ1) is 18.7. The molecule has 0 atom stereocenters. The van der Waals surface area contributed by atoms with Crippen LogP contribution in [0.2, 0.25) is 0 Å². The lowest BCUT2D eigenvalue weighted by molar-refractivity contribution is 0.0698. The molecule has 2 aromatic carbocycles. The van der Waals surface area contributed by atoms with Gasteiger partial charge in [-0.1, -0.05) is 6.07 Å². The maximum absolute atomic E-state index is 13.0. The number of sulfonamides is 1. The molecule has 0 saturated carbocycles. The number of carbonyl (C=O) groups excluding carboxylic acids is 1. The van der Waals surface area contributed by atoms with Gasteiger partial charge in [-0.3, -0.25) is 4.79 Å². The fourth-order valence-corrected chi connectivity index (χ4v) is 5.33. The summed E-state index contributed by atoms with van der Waals surface area (Å²) in [6.07, 6.45) is 3.03. The van der Waals surface area contributed by atoms with Crippen LogP contribution < -0.4 is 0 Å². The molecule has 144 valence electrons. The van der Waals surface area contributed by atoms with Crippen LogP contribution in [0.1, 0.15) is 33.5 Å². The van der Waals surface area contributed by atoms with Gasteiger partial charge < -0.3 is 4.90 Å². The maximum atomic E-state index is 13.0. The van der Waals surface area contributed by atoms with Gasteiger partial charge in [0.05, 0.1) is 16.5 Å². The molecular weight excluding hydrogens is 374 g/mol. The fraction of sp³-hybridized carbons (Fsp3) is 0.333. The molecule has 4 rings (SSSR count). The molecule has 1 heterocycles. The summed E-state index contributed by atoms with van der Waals surface area (Å²) in [7, 11) is -3.55. The molecule has 0 N–H and O–H groups in total. The van der Waals surface area contributed by atoms with E-state index in [-0.39, 0.29) is 19.0 Å². The Morgan fingerprint density at radius 2 is 1.61 bits per heavy atom. The van der Waals surface area contributed by atoms with E-state index in [9.17, 15) is 13.2 Å². The van der Waals surface area contributed by atoms with Crippen molar-refractivity contribution in [3.63, 3.8) is 0 Å². The van der Waals surface area contributed by atoms with Gasteiger partial charge in [-0.05, 0) is 66.8 Å². The minimum absolute atomic E-state index is 0.140. The highest BCUT2D eigenvalue weighted by atomic mass is 32.2. The second-order valence-electron chi connectivity index (χ2n) is 7.17. The van der Waals surface area contributed by atoms with Gasteiger partial charge in [-0.2, -0.15) is 9.57 Å². The van der Waals surface area contributed by atoms with E-state index in [0.717, 1.165) is 24.8 Å². The van der Waals surface area contributed by atoms with E-state index in [1.807, 2.05) is 18.2 Å². The summed E-state index contributed by atoms with van der Waals surface area (Å²) < 4.78 is 27.5. The fourth-order valence-electron chi connectivity index (χ4n) is 3.86. The van der Waals surface area contributed by atoms with Gasteiger partial charge in [0.15, 0.2) is 0 Å². The quantitative estimate of drug-likeness (QED) is 0.798. The Morgan fingerprint density at radius 1 is 0.929 bits per heavy atom. The monoisotopic (exact) mass is 395 g/mol. The predicted octanol–water partition coefficient (Wildman–Crippen LogP) is 2.19. The number of carbonyl (C=O) groups is 1. The van der Waals surface area contributed by atoms with Crippen LogP contribution in [0.4, 0.5) is 0 Å². The van der Waals surface area contributed by atoms with Gasteiger partial charge in [-0.15, -0.1) is 0 Å². The molecule has 0 radical (unpaired) electrons. The Balaban J connectivity index is 1.44. The van der Waals surface area contributed by atoms with Crippen LogP contribution in [0.15, 0.2) is 47.4 Å². The van der Waals surface area contributed by atoms with E-state index in [4.69, 9.17) is 5.26 Å². The highest BCUT2D eigenvalue weighted by Gasteiger charge is 2.31. The van der Waals surface area contributed by atoms with E-state index < -0.39 is 10.0 Å². The first-order chi connectivity index (χ1) is 13.5. The number of nitrogens with zero attached hydrogens (tertiary/aromatic N) is 3. The smallest absolute Gasteiger partial charge is 0.253 e. The van der Waals surface area contributed by atoms with Crippen molar-refractivity contribution in [3.05, 3.63) is 64.7 Å². The summed E-state index contributed by atoms with van der Waals surface area (Å²) in [5.74, 6) is -0.140. The number of amides is 1. The SMILES string of the molecule is N#Cc1ccc(C(=O)N2CCN(S(=O)(=O)c3ccc4c(c3)CCC4)CC2)cc1. The van der Waals surface area contributed by atoms with Gasteiger partial charge in [0, 0.05) is 31.7 Å². The van der Waals surface area contributed by atoms with E-state index in [1.54, 1.807) is 35.2 Å². The second kappa shape index (κ2) is 7.38. The van der Waals surface area contributed by atoms with E-state index in [0.29, 0.717) is 29.1 Å². The molecule has 7 heteroatoms. The summed E-state index contributed by atoms with van der Waals surface area (Å²) in [5.41, 5.74) is 3.39. The Labute approximate surface area is 165 Å². The Morgan fingerprint density at radius 3 is 2.29 bits per heavy atom. The molecule has 2 aliphatic rings. The summed E-state index contributed by atoms with van der Waals surface area (Å²) in [6.45, 7) is 1.26. The van der Waals surface area contributed by atoms with Crippen LogP contribution in [-0.2, 0) is 22.9 Å². The predicted molar refractivity (Wildman–Crippen MR) is 104 cm³/mol. The summed E-state index contributed by atoms with van der Waals surface area (Å²) >= 11 is 0. The summed E-state index contributed by atoms with van der Waals surface area (Å²) in [5, 5.41) is 8.86. The number of fused-ring (bicyclic) bond motifs is 1. The lowest BCUT2D eigenvalue weighted by Crippen LogP contribution is -2.50. The maximum Gasteiger partial charge on any atom is 0.253 e. The van der Waals surface area contributed by atoms with Crippen LogP contribution in [0.3, 0.4) is 0 Å². The molecule has 2 aromatic rings. The third kappa shape index (κ3) is 3.41. The minimum atomic E-state index is -3.55. The number of nitriles is 1. The van der Waals surface area contributed by atoms with Crippen LogP contribution in [0.5, 0.6) is 0 Å². The van der Waals surface area contributed by atoms with Gasteiger partial charge in [0.25, 0.3) is 5.91 Å². The topological polar surface area (TPSA) is 81.5 Å². The van der Waals surface area contributed by atoms with Crippen molar-refractivity contribution in [1.29, 1.82) is 5.26 Å². The van der Waals surface area contributed by atoms with Crippen LogP contribution >= 0.6 is 0 Å². The number of hydrogen-bond donors (Lipinski definition) is 0. The lowest BCUT2D eigenvalue weighted by Gasteiger charge is -2.34. The number of benzene rings is 2. The molecule has 1 aliphatic carbocycles. The zero-order chi connectivity index (χ0) is 19.7. The van der Waals surface area contributed by atoms with Gasteiger partial charge in [0.1, 0.15) is 0 Å². The van der Waals surface area contributed by atoms with Crippen molar-refractivity contribution >= 4 is 15.9 Å². The first-order valence-electron chi connectivity index (χ1n) is 9.40. The third-order valence-electron chi connectivity index (χ3n) is 5.49. The number of rotatable bonds is 3. The Kier molecular flexibility index (Phi) is 4.92. The lowest BCUT2D eigenvalue weighted by atomic mass is 10.1. The van der Waals surface area contributed by atoms with Crippen LogP contribution in [0, 0.1) is 11.3 Å². The Bertz CT molecular complexity index is 1050. The number of piperazine rings is 1. The number of aryl methyl sites for hydroxylation is 2. The standard InChI is InChI=1S/C21H21N3O3S/c22-15-16-4-6-18(7-5-16)21(25)23-10-12-24(13-11-23)28(26,27)20-9-8-17-2-1-3-19(17)14-20/h4-9,14H,1-3,10-13H2. The molecule has 1 aliphatic heterocycles. The molecule has 0 spiro atoms. The van der Waals surface area contributed by atoms with Crippen molar-refractivity contribution in [1.82, 2.24) is 9.21 Å². The summed E-state index contributed by atoms with van der Waals surface area (Å²) in [6, 6.07) is 14.0.